The van der Waals surface area contributed by atoms with Gasteiger partial charge in [0.15, 0.2) is 5.78 Å². The summed E-state index contributed by atoms with van der Waals surface area (Å²) in [6, 6.07) is 3.81. The van der Waals surface area contributed by atoms with Crippen LogP contribution in [0.4, 0.5) is 5.69 Å². The van der Waals surface area contributed by atoms with E-state index in [-0.39, 0.29) is 5.78 Å². The highest BCUT2D eigenvalue weighted by atomic mass is 16.1. The number of anilines is 1. The summed E-state index contributed by atoms with van der Waals surface area (Å²) in [6.45, 7) is 8.00. The van der Waals surface area contributed by atoms with Crippen molar-refractivity contribution in [2.45, 2.75) is 6.92 Å². The first-order valence-electron chi connectivity index (χ1n) is 7.15. The Morgan fingerprint density at radius 3 is 2.45 bits per heavy atom. The van der Waals surface area contributed by atoms with Gasteiger partial charge in [-0.15, -0.1) is 0 Å². The molecule has 110 valence electrons. The van der Waals surface area contributed by atoms with Gasteiger partial charge in [-0.1, -0.05) is 0 Å². The van der Waals surface area contributed by atoms with E-state index in [4.69, 9.17) is 0 Å². The van der Waals surface area contributed by atoms with E-state index in [1.807, 2.05) is 18.3 Å². The molecule has 20 heavy (non-hydrogen) atoms. The third kappa shape index (κ3) is 4.02. The van der Waals surface area contributed by atoms with E-state index in [9.17, 15) is 4.79 Å². The number of likely N-dealkylation sites (N-methyl/N-ethyl adjacent to an activating group) is 1. The fourth-order valence-corrected chi connectivity index (χ4v) is 2.35. The summed E-state index contributed by atoms with van der Waals surface area (Å²) in [5.74, 6) is 0.0186. The molecule has 1 saturated heterocycles. The monoisotopic (exact) mass is 276 g/mol. The van der Waals surface area contributed by atoms with Gasteiger partial charge in [-0.3, -0.25) is 14.7 Å². The summed E-state index contributed by atoms with van der Waals surface area (Å²) in [5.41, 5.74) is 1.65. The van der Waals surface area contributed by atoms with Crippen molar-refractivity contribution >= 4 is 11.5 Å². The number of rotatable bonds is 5. The van der Waals surface area contributed by atoms with Crippen molar-refractivity contribution in [2.75, 3.05) is 58.3 Å². The molecule has 0 radical (unpaired) electrons. The van der Waals surface area contributed by atoms with E-state index >= 15 is 0 Å². The highest BCUT2D eigenvalue weighted by molar-refractivity contribution is 5.92. The van der Waals surface area contributed by atoms with Crippen LogP contribution < -0.4 is 4.90 Å². The van der Waals surface area contributed by atoms with Crippen molar-refractivity contribution in [1.29, 1.82) is 0 Å². The van der Waals surface area contributed by atoms with Crippen LogP contribution in [0.1, 0.15) is 17.4 Å². The second-order valence-electron chi connectivity index (χ2n) is 5.59. The molecule has 1 aromatic rings. The van der Waals surface area contributed by atoms with Crippen LogP contribution in [0, 0.1) is 0 Å². The molecule has 0 atom stereocenters. The molecule has 1 fully saturated rings. The number of aromatic nitrogens is 1. The van der Waals surface area contributed by atoms with Crippen LogP contribution in [-0.2, 0) is 0 Å². The highest BCUT2D eigenvalue weighted by Gasteiger charge is 2.17. The minimum Gasteiger partial charge on any atom is -0.368 e. The molecular formula is C15H24N4O. The quantitative estimate of drug-likeness (QED) is 0.749. The Labute approximate surface area is 121 Å². The molecule has 0 aliphatic carbocycles. The first-order valence-corrected chi connectivity index (χ1v) is 7.15. The maximum absolute atomic E-state index is 11.2. The molecule has 5 nitrogen and oxygen atoms in total. The lowest BCUT2D eigenvalue weighted by Crippen LogP contribution is -2.48. The standard InChI is InChI=1S/C15H24N4O/c1-13(20)15-5-4-14(12-16-15)19-10-8-18(9-11-19)7-6-17(2)3/h4-5,12H,6-11H2,1-3H3. The summed E-state index contributed by atoms with van der Waals surface area (Å²) in [5, 5.41) is 0. The van der Waals surface area contributed by atoms with E-state index in [0.717, 1.165) is 45.0 Å². The smallest absolute Gasteiger partial charge is 0.178 e. The molecule has 2 rings (SSSR count). The van der Waals surface area contributed by atoms with Crippen molar-refractivity contribution in [1.82, 2.24) is 14.8 Å². The maximum atomic E-state index is 11.2. The lowest BCUT2D eigenvalue weighted by atomic mass is 10.2. The summed E-state index contributed by atoms with van der Waals surface area (Å²) < 4.78 is 0. The number of ketones is 1. The Morgan fingerprint density at radius 2 is 1.95 bits per heavy atom. The molecule has 0 unspecified atom stereocenters. The first kappa shape index (κ1) is 14.9. The zero-order valence-electron chi connectivity index (χ0n) is 12.7. The predicted molar refractivity (Wildman–Crippen MR) is 81.4 cm³/mol. The number of pyridine rings is 1. The molecular weight excluding hydrogens is 252 g/mol. The SMILES string of the molecule is CC(=O)c1ccc(N2CCN(CCN(C)C)CC2)cn1. The lowest BCUT2D eigenvalue weighted by molar-refractivity contribution is 0.101. The Bertz CT molecular complexity index is 436. The lowest BCUT2D eigenvalue weighted by Gasteiger charge is -2.36. The van der Waals surface area contributed by atoms with Crippen molar-refractivity contribution in [3.63, 3.8) is 0 Å². The normalized spacial score (nSPS) is 16.7. The third-order valence-corrected chi connectivity index (χ3v) is 3.71. The van der Waals surface area contributed by atoms with Crippen LogP contribution in [0.2, 0.25) is 0 Å². The fraction of sp³-hybridized carbons (Fsp3) is 0.600. The van der Waals surface area contributed by atoms with Gasteiger partial charge in [0.25, 0.3) is 0 Å². The van der Waals surface area contributed by atoms with E-state index < -0.39 is 0 Å². The van der Waals surface area contributed by atoms with E-state index in [1.165, 1.54) is 0 Å². The van der Waals surface area contributed by atoms with E-state index in [1.54, 1.807) is 6.92 Å². The Morgan fingerprint density at radius 1 is 1.25 bits per heavy atom. The topological polar surface area (TPSA) is 39.7 Å². The second kappa shape index (κ2) is 6.81. The number of nitrogens with zero attached hydrogens (tertiary/aromatic N) is 4. The number of carbonyl (C=O) groups is 1. The molecule has 0 amide bonds. The molecule has 0 aromatic carbocycles. The van der Waals surface area contributed by atoms with Crippen LogP contribution in [0.25, 0.3) is 0 Å². The number of piperazine rings is 1. The maximum Gasteiger partial charge on any atom is 0.178 e. The van der Waals surface area contributed by atoms with Crippen molar-refractivity contribution in [2.24, 2.45) is 0 Å². The second-order valence-corrected chi connectivity index (χ2v) is 5.59. The van der Waals surface area contributed by atoms with E-state index in [2.05, 4.69) is 33.8 Å². The molecule has 0 N–H and O–H groups in total. The number of hydrogen-bond donors (Lipinski definition) is 0. The first-order chi connectivity index (χ1) is 9.56. The summed E-state index contributed by atoms with van der Waals surface area (Å²) in [4.78, 5) is 22.5. The van der Waals surface area contributed by atoms with Gasteiger partial charge in [-0.05, 0) is 26.2 Å². The van der Waals surface area contributed by atoms with Gasteiger partial charge in [0.1, 0.15) is 5.69 Å². The Kier molecular flexibility index (Phi) is 5.09. The summed E-state index contributed by atoms with van der Waals surface area (Å²) in [6.07, 6.45) is 1.81. The van der Waals surface area contributed by atoms with Crippen LogP contribution in [0.5, 0.6) is 0 Å². The summed E-state index contributed by atoms with van der Waals surface area (Å²) >= 11 is 0. The van der Waals surface area contributed by atoms with Crippen molar-refractivity contribution in [3.05, 3.63) is 24.0 Å². The van der Waals surface area contributed by atoms with Gasteiger partial charge in [-0.2, -0.15) is 0 Å². The number of Topliss-reactive ketones (excluding diaryl/α,β-unsaturated/α-hetero) is 1. The van der Waals surface area contributed by atoms with Crippen LogP contribution >= 0.6 is 0 Å². The molecule has 5 heteroatoms. The highest BCUT2D eigenvalue weighted by Crippen LogP contribution is 2.15. The molecule has 1 aliphatic rings. The molecule has 0 spiro atoms. The number of carbonyl (C=O) groups excluding carboxylic acids is 1. The molecule has 2 heterocycles. The molecule has 0 saturated carbocycles. The zero-order chi connectivity index (χ0) is 14.5. The minimum absolute atomic E-state index is 0.0186. The van der Waals surface area contributed by atoms with Crippen LogP contribution in [0.15, 0.2) is 18.3 Å². The average molecular weight is 276 g/mol. The fourth-order valence-electron chi connectivity index (χ4n) is 2.35. The molecule has 1 aromatic heterocycles. The summed E-state index contributed by atoms with van der Waals surface area (Å²) in [7, 11) is 4.22. The molecule has 0 bridgehead atoms. The van der Waals surface area contributed by atoms with Gasteiger partial charge in [0.2, 0.25) is 0 Å². The van der Waals surface area contributed by atoms with E-state index in [0.29, 0.717) is 5.69 Å². The van der Waals surface area contributed by atoms with Gasteiger partial charge in [0, 0.05) is 46.2 Å². The van der Waals surface area contributed by atoms with Crippen LogP contribution in [0.3, 0.4) is 0 Å². The van der Waals surface area contributed by atoms with Gasteiger partial charge < -0.3 is 9.80 Å². The minimum atomic E-state index is 0.0186. The van der Waals surface area contributed by atoms with Gasteiger partial charge in [-0.25, -0.2) is 0 Å². The van der Waals surface area contributed by atoms with Crippen LogP contribution in [-0.4, -0.2) is 73.9 Å². The van der Waals surface area contributed by atoms with Gasteiger partial charge in [0.05, 0.1) is 11.9 Å². The zero-order valence-corrected chi connectivity index (χ0v) is 12.7. The van der Waals surface area contributed by atoms with Crippen molar-refractivity contribution < 1.29 is 4.79 Å². The largest absolute Gasteiger partial charge is 0.368 e. The average Bonchev–Trinajstić information content (AvgIpc) is 2.46. The van der Waals surface area contributed by atoms with Gasteiger partial charge >= 0.3 is 0 Å². The number of hydrogen-bond acceptors (Lipinski definition) is 5. The Hall–Kier alpha value is -1.46. The predicted octanol–water partition coefficient (Wildman–Crippen LogP) is 0.968. The van der Waals surface area contributed by atoms with Crippen molar-refractivity contribution in [3.8, 4) is 0 Å². The Balaban J connectivity index is 1.85. The third-order valence-electron chi connectivity index (χ3n) is 3.71. The molecule has 1 aliphatic heterocycles.